The van der Waals surface area contributed by atoms with Gasteiger partial charge in [-0.15, -0.1) is 0 Å². The van der Waals surface area contributed by atoms with Crippen LogP contribution >= 0.6 is 11.8 Å². The van der Waals surface area contributed by atoms with Gasteiger partial charge in [0.2, 0.25) is 0 Å². The van der Waals surface area contributed by atoms with Crippen molar-refractivity contribution in [3.8, 4) is 5.75 Å². The molecule has 0 aliphatic carbocycles. The van der Waals surface area contributed by atoms with E-state index in [0.717, 1.165) is 30.0 Å². The van der Waals surface area contributed by atoms with Crippen molar-refractivity contribution in [1.82, 2.24) is 5.32 Å². The van der Waals surface area contributed by atoms with Gasteiger partial charge in [0.1, 0.15) is 5.75 Å². The van der Waals surface area contributed by atoms with Crippen LogP contribution in [0.3, 0.4) is 0 Å². The molecular weight excluding hydrogens is 234 g/mol. The van der Waals surface area contributed by atoms with Crippen molar-refractivity contribution in [2.24, 2.45) is 0 Å². The minimum Gasteiger partial charge on any atom is -0.497 e. The average molecular weight is 255 g/mol. The number of thioether (sulfide) groups is 1. The standard InChI is InChI=1S/C13H21NO2S/c1-16-12-6-4-11(5-7-12)13(15)10-14-8-3-9-17-2/h4-7,13-15H,3,8-10H2,1-2H3. The Morgan fingerprint density at radius 3 is 2.65 bits per heavy atom. The summed E-state index contributed by atoms with van der Waals surface area (Å²) in [6.07, 6.45) is 2.79. The van der Waals surface area contributed by atoms with Crippen LogP contribution < -0.4 is 10.1 Å². The zero-order chi connectivity index (χ0) is 12.5. The third-order valence-electron chi connectivity index (χ3n) is 2.54. The predicted octanol–water partition coefficient (Wildman–Crippen LogP) is 2.07. The molecule has 0 saturated carbocycles. The second kappa shape index (κ2) is 8.39. The summed E-state index contributed by atoms with van der Waals surface area (Å²) in [5.41, 5.74) is 0.920. The highest BCUT2D eigenvalue weighted by Gasteiger charge is 2.06. The molecule has 1 aromatic rings. The van der Waals surface area contributed by atoms with E-state index in [9.17, 15) is 5.11 Å². The molecule has 0 saturated heterocycles. The van der Waals surface area contributed by atoms with Crippen molar-refractivity contribution in [1.29, 1.82) is 0 Å². The Hall–Kier alpha value is -0.710. The number of nitrogens with one attached hydrogen (secondary N) is 1. The Labute approximate surface area is 108 Å². The van der Waals surface area contributed by atoms with E-state index in [1.54, 1.807) is 7.11 Å². The third kappa shape index (κ3) is 5.44. The van der Waals surface area contributed by atoms with Gasteiger partial charge in [-0.3, -0.25) is 0 Å². The quantitative estimate of drug-likeness (QED) is 0.698. The zero-order valence-corrected chi connectivity index (χ0v) is 11.3. The van der Waals surface area contributed by atoms with E-state index in [2.05, 4.69) is 11.6 Å². The zero-order valence-electron chi connectivity index (χ0n) is 10.5. The molecule has 0 heterocycles. The summed E-state index contributed by atoms with van der Waals surface area (Å²) in [7, 11) is 1.64. The van der Waals surface area contributed by atoms with E-state index < -0.39 is 6.10 Å². The van der Waals surface area contributed by atoms with Crippen LogP contribution in [0.2, 0.25) is 0 Å². The van der Waals surface area contributed by atoms with E-state index in [0.29, 0.717) is 6.54 Å². The van der Waals surface area contributed by atoms with E-state index >= 15 is 0 Å². The van der Waals surface area contributed by atoms with Crippen molar-refractivity contribution >= 4 is 11.8 Å². The molecule has 0 bridgehead atoms. The minimum absolute atomic E-state index is 0.449. The Morgan fingerprint density at radius 2 is 2.06 bits per heavy atom. The number of benzene rings is 1. The summed E-state index contributed by atoms with van der Waals surface area (Å²) in [4.78, 5) is 0. The first-order chi connectivity index (χ1) is 8.27. The van der Waals surface area contributed by atoms with Crippen LogP contribution in [0.25, 0.3) is 0 Å². The molecular formula is C13H21NO2S. The van der Waals surface area contributed by atoms with Crippen molar-refractivity contribution < 1.29 is 9.84 Å². The molecule has 0 aliphatic rings. The number of aliphatic hydroxyl groups is 1. The summed E-state index contributed by atoms with van der Waals surface area (Å²) in [6, 6.07) is 7.53. The first-order valence-corrected chi connectivity index (χ1v) is 7.19. The molecule has 96 valence electrons. The van der Waals surface area contributed by atoms with Gasteiger partial charge in [-0.1, -0.05) is 12.1 Å². The van der Waals surface area contributed by atoms with Crippen LogP contribution in [0.1, 0.15) is 18.1 Å². The SMILES string of the molecule is COc1ccc(C(O)CNCCCSC)cc1. The molecule has 0 aliphatic heterocycles. The molecule has 0 fully saturated rings. The van der Waals surface area contributed by atoms with Gasteiger partial charge in [0.25, 0.3) is 0 Å². The largest absolute Gasteiger partial charge is 0.497 e. The molecule has 4 heteroatoms. The average Bonchev–Trinajstić information content (AvgIpc) is 2.38. The maximum absolute atomic E-state index is 9.93. The number of hydrogen-bond donors (Lipinski definition) is 2. The summed E-state index contributed by atoms with van der Waals surface area (Å²) >= 11 is 1.84. The highest BCUT2D eigenvalue weighted by molar-refractivity contribution is 7.98. The van der Waals surface area contributed by atoms with E-state index in [1.165, 1.54) is 0 Å². The normalized spacial score (nSPS) is 12.4. The van der Waals surface area contributed by atoms with Crippen molar-refractivity contribution in [3.63, 3.8) is 0 Å². The van der Waals surface area contributed by atoms with E-state index in [-0.39, 0.29) is 0 Å². The lowest BCUT2D eigenvalue weighted by Gasteiger charge is -2.12. The van der Waals surface area contributed by atoms with Gasteiger partial charge in [0.15, 0.2) is 0 Å². The second-order valence-electron chi connectivity index (χ2n) is 3.84. The summed E-state index contributed by atoms with van der Waals surface area (Å²) in [5, 5.41) is 13.2. The van der Waals surface area contributed by atoms with Gasteiger partial charge in [0, 0.05) is 6.54 Å². The van der Waals surface area contributed by atoms with Crippen LogP contribution in [-0.2, 0) is 0 Å². The van der Waals surface area contributed by atoms with Gasteiger partial charge in [-0.25, -0.2) is 0 Å². The first kappa shape index (κ1) is 14.4. The fourth-order valence-corrected chi connectivity index (χ4v) is 1.96. The maximum Gasteiger partial charge on any atom is 0.118 e. The highest BCUT2D eigenvalue weighted by Crippen LogP contribution is 2.16. The molecule has 1 atom stereocenters. The monoisotopic (exact) mass is 255 g/mol. The third-order valence-corrected chi connectivity index (χ3v) is 3.24. The molecule has 1 unspecified atom stereocenters. The van der Waals surface area contributed by atoms with Crippen LogP contribution in [0, 0.1) is 0 Å². The van der Waals surface area contributed by atoms with Crippen LogP contribution in [0.15, 0.2) is 24.3 Å². The Morgan fingerprint density at radius 1 is 1.35 bits per heavy atom. The Balaban J connectivity index is 2.28. The first-order valence-electron chi connectivity index (χ1n) is 5.79. The molecule has 0 radical (unpaired) electrons. The lowest BCUT2D eigenvalue weighted by Crippen LogP contribution is -2.22. The minimum atomic E-state index is -0.449. The van der Waals surface area contributed by atoms with Gasteiger partial charge < -0.3 is 15.2 Å². The highest BCUT2D eigenvalue weighted by atomic mass is 32.2. The lowest BCUT2D eigenvalue weighted by atomic mass is 10.1. The smallest absolute Gasteiger partial charge is 0.118 e. The Bertz CT molecular complexity index is 303. The fourth-order valence-electron chi connectivity index (χ4n) is 1.52. The van der Waals surface area contributed by atoms with Crippen molar-refractivity contribution in [3.05, 3.63) is 29.8 Å². The van der Waals surface area contributed by atoms with Gasteiger partial charge in [0.05, 0.1) is 13.2 Å². The van der Waals surface area contributed by atoms with Crippen LogP contribution in [-0.4, -0.2) is 37.3 Å². The number of hydrogen-bond acceptors (Lipinski definition) is 4. The molecule has 1 rings (SSSR count). The molecule has 0 amide bonds. The molecule has 0 aromatic heterocycles. The van der Waals surface area contributed by atoms with Crippen LogP contribution in [0.5, 0.6) is 5.75 Å². The maximum atomic E-state index is 9.93. The van der Waals surface area contributed by atoms with Crippen molar-refractivity contribution in [2.45, 2.75) is 12.5 Å². The van der Waals surface area contributed by atoms with Crippen LogP contribution in [0.4, 0.5) is 0 Å². The van der Waals surface area contributed by atoms with Gasteiger partial charge in [-0.2, -0.15) is 11.8 Å². The second-order valence-corrected chi connectivity index (χ2v) is 4.83. The Kier molecular flexibility index (Phi) is 7.08. The molecule has 2 N–H and O–H groups in total. The fraction of sp³-hybridized carbons (Fsp3) is 0.538. The van der Waals surface area contributed by atoms with E-state index in [4.69, 9.17) is 4.74 Å². The molecule has 0 spiro atoms. The predicted molar refractivity (Wildman–Crippen MR) is 73.8 cm³/mol. The summed E-state index contributed by atoms with van der Waals surface area (Å²) < 4.78 is 5.07. The number of methoxy groups -OCH3 is 1. The van der Waals surface area contributed by atoms with Crippen molar-refractivity contribution in [2.75, 3.05) is 32.2 Å². The summed E-state index contributed by atoms with van der Waals surface area (Å²) in [5.74, 6) is 1.97. The molecule has 3 nitrogen and oxygen atoms in total. The van der Waals surface area contributed by atoms with Gasteiger partial charge >= 0.3 is 0 Å². The number of aliphatic hydroxyl groups excluding tert-OH is 1. The number of ether oxygens (including phenoxy) is 1. The molecule has 1 aromatic carbocycles. The molecule has 17 heavy (non-hydrogen) atoms. The lowest BCUT2D eigenvalue weighted by molar-refractivity contribution is 0.175. The van der Waals surface area contributed by atoms with Gasteiger partial charge in [-0.05, 0) is 42.7 Å². The van der Waals surface area contributed by atoms with E-state index in [1.807, 2.05) is 36.0 Å². The topological polar surface area (TPSA) is 41.5 Å². The number of rotatable bonds is 8. The summed E-state index contributed by atoms with van der Waals surface area (Å²) in [6.45, 7) is 1.55.